The fraction of sp³-hybridized carbons (Fsp3) is 0.455. The Morgan fingerprint density at radius 3 is 2.42 bits per heavy atom. The SMILES string of the molecule is Cc1ccc(CN(Cc2ccccn2)C(=S)NC2CCCCCC2)cc1. The Labute approximate surface area is 162 Å². The molecule has 1 N–H and O–H groups in total. The number of aromatic nitrogens is 1. The third-order valence-corrected chi connectivity index (χ3v) is 5.42. The predicted molar refractivity (Wildman–Crippen MR) is 112 cm³/mol. The second-order valence-electron chi connectivity index (χ2n) is 7.30. The summed E-state index contributed by atoms with van der Waals surface area (Å²) in [5, 5.41) is 4.49. The summed E-state index contributed by atoms with van der Waals surface area (Å²) in [5.74, 6) is 0. The first-order chi connectivity index (χ1) is 12.7. The van der Waals surface area contributed by atoms with Crippen LogP contribution >= 0.6 is 12.2 Å². The van der Waals surface area contributed by atoms with Crippen molar-refractivity contribution in [3.8, 4) is 0 Å². The van der Waals surface area contributed by atoms with Crippen LogP contribution in [-0.2, 0) is 13.1 Å². The van der Waals surface area contributed by atoms with E-state index in [2.05, 4.69) is 52.5 Å². The third-order valence-electron chi connectivity index (χ3n) is 5.04. The van der Waals surface area contributed by atoms with E-state index in [9.17, 15) is 0 Å². The number of hydrogen-bond acceptors (Lipinski definition) is 2. The third kappa shape index (κ3) is 5.80. The second-order valence-corrected chi connectivity index (χ2v) is 7.69. The summed E-state index contributed by atoms with van der Waals surface area (Å²) in [6.45, 7) is 3.65. The summed E-state index contributed by atoms with van der Waals surface area (Å²) in [6, 6.07) is 15.3. The molecule has 0 saturated heterocycles. The predicted octanol–water partition coefficient (Wildman–Crippen LogP) is 4.99. The highest BCUT2D eigenvalue weighted by atomic mass is 32.1. The molecule has 1 aromatic carbocycles. The molecule has 1 fully saturated rings. The van der Waals surface area contributed by atoms with Crippen LogP contribution in [0.3, 0.4) is 0 Å². The smallest absolute Gasteiger partial charge is 0.169 e. The van der Waals surface area contributed by atoms with E-state index in [1.165, 1.54) is 49.7 Å². The highest BCUT2D eigenvalue weighted by molar-refractivity contribution is 7.80. The average molecular weight is 368 g/mol. The molecule has 1 aliphatic carbocycles. The number of thiocarbonyl (C=S) groups is 1. The fourth-order valence-electron chi connectivity index (χ4n) is 3.49. The van der Waals surface area contributed by atoms with Gasteiger partial charge in [0.25, 0.3) is 0 Å². The van der Waals surface area contributed by atoms with Crippen LogP contribution in [0.25, 0.3) is 0 Å². The van der Waals surface area contributed by atoms with E-state index < -0.39 is 0 Å². The molecule has 1 aromatic heterocycles. The Morgan fingerprint density at radius 1 is 1.04 bits per heavy atom. The van der Waals surface area contributed by atoms with Gasteiger partial charge >= 0.3 is 0 Å². The quantitative estimate of drug-likeness (QED) is 0.595. The number of aryl methyl sites for hydroxylation is 1. The van der Waals surface area contributed by atoms with Gasteiger partial charge in [0, 0.05) is 18.8 Å². The summed E-state index contributed by atoms with van der Waals surface area (Å²) in [4.78, 5) is 6.73. The van der Waals surface area contributed by atoms with Crippen LogP contribution in [0.2, 0.25) is 0 Å². The number of pyridine rings is 1. The van der Waals surface area contributed by atoms with E-state index in [-0.39, 0.29) is 0 Å². The largest absolute Gasteiger partial charge is 0.360 e. The van der Waals surface area contributed by atoms with Crippen LogP contribution in [0.5, 0.6) is 0 Å². The molecule has 2 aromatic rings. The van der Waals surface area contributed by atoms with Crippen molar-refractivity contribution in [1.29, 1.82) is 0 Å². The molecule has 0 bridgehead atoms. The van der Waals surface area contributed by atoms with E-state index in [0.717, 1.165) is 23.9 Å². The molecular weight excluding hydrogens is 338 g/mol. The average Bonchev–Trinajstić information content (AvgIpc) is 2.92. The van der Waals surface area contributed by atoms with Crippen molar-refractivity contribution in [3.05, 3.63) is 65.5 Å². The molecule has 1 heterocycles. The molecule has 138 valence electrons. The second kappa shape index (κ2) is 9.67. The Bertz CT molecular complexity index is 676. The lowest BCUT2D eigenvalue weighted by Crippen LogP contribution is -2.44. The van der Waals surface area contributed by atoms with Gasteiger partial charge in [-0.3, -0.25) is 4.98 Å². The molecule has 0 unspecified atom stereocenters. The summed E-state index contributed by atoms with van der Waals surface area (Å²) < 4.78 is 0. The number of nitrogens with zero attached hydrogens (tertiary/aromatic N) is 2. The lowest BCUT2D eigenvalue weighted by molar-refractivity contribution is 0.380. The van der Waals surface area contributed by atoms with E-state index in [0.29, 0.717) is 6.04 Å². The molecule has 0 radical (unpaired) electrons. The van der Waals surface area contributed by atoms with Gasteiger partial charge in [0.15, 0.2) is 5.11 Å². The van der Waals surface area contributed by atoms with Crippen molar-refractivity contribution in [2.24, 2.45) is 0 Å². The molecule has 3 nitrogen and oxygen atoms in total. The van der Waals surface area contributed by atoms with Gasteiger partial charge in [-0.25, -0.2) is 0 Å². The molecule has 0 amide bonds. The van der Waals surface area contributed by atoms with Crippen LogP contribution in [0, 0.1) is 6.92 Å². The van der Waals surface area contributed by atoms with E-state index in [4.69, 9.17) is 12.2 Å². The lowest BCUT2D eigenvalue weighted by atomic mass is 10.1. The Kier molecular flexibility index (Phi) is 7.01. The summed E-state index contributed by atoms with van der Waals surface area (Å²) in [6.07, 6.45) is 9.61. The zero-order valence-electron chi connectivity index (χ0n) is 15.7. The van der Waals surface area contributed by atoms with Crippen LogP contribution in [-0.4, -0.2) is 21.0 Å². The molecule has 0 spiro atoms. The monoisotopic (exact) mass is 367 g/mol. The first kappa shape index (κ1) is 18.8. The molecule has 4 heteroatoms. The minimum absolute atomic E-state index is 0.509. The van der Waals surface area contributed by atoms with Crippen molar-refractivity contribution in [1.82, 2.24) is 15.2 Å². The first-order valence-corrected chi connectivity index (χ1v) is 10.1. The number of rotatable bonds is 5. The lowest BCUT2D eigenvalue weighted by Gasteiger charge is -2.29. The Hall–Kier alpha value is -1.94. The van der Waals surface area contributed by atoms with E-state index in [1.807, 2.05) is 18.3 Å². The molecule has 26 heavy (non-hydrogen) atoms. The summed E-state index contributed by atoms with van der Waals surface area (Å²) >= 11 is 5.81. The number of benzene rings is 1. The van der Waals surface area contributed by atoms with Crippen LogP contribution in [0.15, 0.2) is 48.7 Å². The van der Waals surface area contributed by atoms with Gasteiger partial charge in [-0.1, -0.05) is 61.6 Å². The maximum Gasteiger partial charge on any atom is 0.169 e. The molecule has 3 rings (SSSR count). The highest BCUT2D eigenvalue weighted by Gasteiger charge is 2.17. The minimum Gasteiger partial charge on any atom is -0.360 e. The maximum atomic E-state index is 5.81. The molecule has 0 atom stereocenters. The minimum atomic E-state index is 0.509. The number of nitrogens with one attached hydrogen (secondary N) is 1. The van der Waals surface area contributed by atoms with E-state index >= 15 is 0 Å². The van der Waals surface area contributed by atoms with Crippen molar-refractivity contribution in [3.63, 3.8) is 0 Å². The normalized spacial score (nSPS) is 15.3. The zero-order valence-corrected chi connectivity index (χ0v) is 16.5. The summed E-state index contributed by atoms with van der Waals surface area (Å²) in [7, 11) is 0. The van der Waals surface area contributed by atoms with E-state index in [1.54, 1.807) is 0 Å². The van der Waals surface area contributed by atoms with Gasteiger partial charge in [0.2, 0.25) is 0 Å². The van der Waals surface area contributed by atoms with Gasteiger partial charge in [-0.05, 0) is 49.7 Å². The van der Waals surface area contributed by atoms with Crippen LogP contribution in [0.1, 0.15) is 55.3 Å². The van der Waals surface area contributed by atoms with Gasteiger partial charge in [-0.2, -0.15) is 0 Å². The van der Waals surface area contributed by atoms with Crippen molar-refractivity contribution < 1.29 is 0 Å². The number of hydrogen-bond donors (Lipinski definition) is 1. The Balaban J connectivity index is 1.70. The highest BCUT2D eigenvalue weighted by Crippen LogP contribution is 2.18. The standard InChI is InChI=1S/C22H29N3S/c1-18-11-13-19(14-12-18)16-25(17-21-10-6-7-15-23-21)22(26)24-20-8-4-2-3-5-9-20/h6-7,10-15,20H,2-5,8-9,16-17H2,1H3,(H,24,26). The molecule has 1 aliphatic rings. The first-order valence-electron chi connectivity index (χ1n) is 9.71. The topological polar surface area (TPSA) is 28.2 Å². The molecular formula is C22H29N3S. The van der Waals surface area contributed by atoms with Crippen molar-refractivity contribution >= 4 is 17.3 Å². The maximum absolute atomic E-state index is 5.81. The zero-order chi connectivity index (χ0) is 18.2. The van der Waals surface area contributed by atoms with Crippen LogP contribution in [0.4, 0.5) is 0 Å². The van der Waals surface area contributed by atoms with Crippen molar-refractivity contribution in [2.75, 3.05) is 0 Å². The molecule has 1 saturated carbocycles. The summed E-state index contributed by atoms with van der Waals surface area (Å²) in [5.41, 5.74) is 3.60. The van der Waals surface area contributed by atoms with Crippen LogP contribution < -0.4 is 5.32 Å². The van der Waals surface area contributed by atoms with Gasteiger partial charge < -0.3 is 10.2 Å². The molecule has 0 aliphatic heterocycles. The van der Waals surface area contributed by atoms with Gasteiger partial charge in [-0.15, -0.1) is 0 Å². The van der Waals surface area contributed by atoms with Gasteiger partial charge in [0.05, 0.1) is 12.2 Å². The van der Waals surface area contributed by atoms with Gasteiger partial charge in [0.1, 0.15) is 0 Å². The van der Waals surface area contributed by atoms with Crippen molar-refractivity contribution in [2.45, 2.75) is 64.6 Å². The Morgan fingerprint density at radius 2 is 1.77 bits per heavy atom. The fourth-order valence-corrected chi connectivity index (χ4v) is 3.79.